The lowest BCUT2D eigenvalue weighted by Crippen LogP contribution is -2.48. The van der Waals surface area contributed by atoms with E-state index in [1.165, 1.54) is 18.6 Å². The molecule has 0 saturated carbocycles. The van der Waals surface area contributed by atoms with Crippen molar-refractivity contribution in [2.75, 3.05) is 39.4 Å². The summed E-state index contributed by atoms with van der Waals surface area (Å²) in [6.45, 7) is 3.32. The minimum Gasteiger partial charge on any atom is -0.347 e. The number of benzene rings is 1. The van der Waals surface area contributed by atoms with E-state index in [2.05, 4.69) is 9.97 Å². The Labute approximate surface area is 182 Å². The Morgan fingerprint density at radius 2 is 1.77 bits per heavy atom. The second-order valence-electron chi connectivity index (χ2n) is 7.86. The van der Waals surface area contributed by atoms with E-state index < -0.39 is 5.79 Å². The molecule has 0 N–H and O–H groups in total. The smallest absolute Gasteiger partial charge is 0.274 e. The monoisotopic (exact) mass is 424 g/mol. The molecule has 4 rings (SSSR count). The molecule has 1 spiro atoms. The summed E-state index contributed by atoms with van der Waals surface area (Å²) in [5, 5.41) is 0. The van der Waals surface area contributed by atoms with E-state index in [1.54, 1.807) is 4.90 Å². The third kappa shape index (κ3) is 5.45. The second-order valence-corrected chi connectivity index (χ2v) is 7.86. The molecule has 31 heavy (non-hydrogen) atoms. The van der Waals surface area contributed by atoms with Crippen molar-refractivity contribution in [1.29, 1.82) is 0 Å². The number of carbonyl (C=O) groups excluding carboxylic acids is 2. The molecule has 2 aliphatic rings. The molecule has 0 unspecified atom stereocenters. The van der Waals surface area contributed by atoms with Crippen LogP contribution in [-0.2, 0) is 20.7 Å². The molecule has 0 atom stereocenters. The van der Waals surface area contributed by atoms with Gasteiger partial charge in [-0.05, 0) is 12.0 Å². The standard InChI is InChI=1S/C23H28N4O4/c28-21(26-14-8-23(9-15-26)30-16-17-31-23)7-13-27(12-6-19-4-2-1-3-5-19)22(29)20-18-24-10-11-25-20/h1-5,10-11,18H,6-9,12-17H2. The maximum atomic E-state index is 13.0. The van der Waals surface area contributed by atoms with E-state index >= 15 is 0 Å². The Bertz CT molecular complexity index is 862. The highest BCUT2D eigenvalue weighted by Gasteiger charge is 2.40. The predicted octanol–water partition coefficient (Wildman–Crippen LogP) is 1.92. The van der Waals surface area contributed by atoms with E-state index in [0.717, 1.165) is 5.56 Å². The van der Waals surface area contributed by atoms with Crippen LogP contribution < -0.4 is 0 Å². The quantitative estimate of drug-likeness (QED) is 0.675. The van der Waals surface area contributed by atoms with Gasteiger partial charge in [0.25, 0.3) is 5.91 Å². The van der Waals surface area contributed by atoms with Gasteiger partial charge in [-0.25, -0.2) is 4.98 Å². The van der Waals surface area contributed by atoms with Gasteiger partial charge in [0, 0.05) is 57.8 Å². The van der Waals surface area contributed by atoms with Gasteiger partial charge < -0.3 is 19.3 Å². The average molecular weight is 425 g/mol. The number of carbonyl (C=O) groups is 2. The summed E-state index contributed by atoms with van der Waals surface area (Å²) < 4.78 is 11.5. The summed E-state index contributed by atoms with van der Waals surface area (Å²) >= 11 is 0. The summed E-state index contributed by atoms with van der Waals surface area (Å²) in [5.74, 6) is -0.660. The van der Waals surface area contributed by atoms with Crippen molar-refractivity contribution in [3.63, 3.8) is 0 Å². The predicted molar refractivity (Wildman–Crippen MR) is 113 cm³/mol. The molecule has 2 saturated heterocycles. The molecule has 8 heteroatoms. The molecular weight excluding hydrogens is 396 g/mol. The van der Waals surface area contributed by atoms with Crippen molar-refractivity contribution in [1.82, 2.24) is 19.8 Å². The number of amides is 2. The molecule has 3 heterocycles. The van der Waals surface area contributed by atoms with Crippen LogP contribution in [0.4, 0.5) is 0 Å². The molecule has 164 valence electrons. The number of likely N-dealkylation sites (tertiary alicyclic amines) is 1. The Balaban J connectivity index is 1.35. The molecule has 0 aliphatic carbocycles. The van der Waals surface area contributed by atoms with Crippen LogP contribution in [-0.4, -0.2) is 76.8 Å². The minimum absolute atomic E-state index is 0.0458. The Hall–Kier alpha value is -2.84. The molecular formula is C23H28N4O4. The Kier molecular flexibility index (Phi) is 6.89. The fourth-order valence-corrected chi connectivity index (χ4v) is 4.07. The zero-order valence-electron chi connectivity index (χ0n) is 17.6. The number of rotatable bonds is 7. The number of nitrogens with zero attached hydrogens (tertiary/aromatic N) is 4. The van der Waals surface area contributed by atoms with Crippen molar-refractivity contribution < 1.29 is 19.1 Å². The third-order valence-corrected chi connectivity index (χ3v) is 5.87. The van der Waals surface area contributed by atoms with Gasteiger partial charge in [-0.2, -0.15) is 0 Å². The largest absolute Gasteiger partial charge is 0.347 e. The van der Waals surface area contributed by atoms with Crippen LogP contribution in [0, 0.1) is 0 Å². The van der Waals surface area contributed by atoms with Gasteiger partial charge in [-0.1, -0.05) is 30.3 Å². The second kappa shape index (κ2) is 9.98. The molecule has 0 radical (unpaired) electrons. The van der Waals surface area contributed by atoms with Crippen molar-refractivity contribution >= 4 is 11.8 Å². The van der Waals surface area contributed by atoms with E-state index in [4.69, 9.17) is 9.47 Å². The molecule has 2 amide bonds. The number of hydrogen-bond donors (Lipinski definition) is 0. The highest BCUT2D eigenvalue weighted by molar-refractivity contribution is 5.92. The lowest BCUT2D eigenvalue weighted by atomic mass is 10.0. The number of piperidine rings is 1. The molecule has 2 aliphatic heterocycles. The van der Waals surface area contributed by atoms with Crippen molar-refractivity contribution in [2.24, 2.45) is 0 Å². The summed E-state index contributed by atoms with van der Waals surface area (Å²) in [6, 6.07) is 10.00. The van der Waals surface area contributed by atoms with E-state index in [1.807, 2.05) is 35.2 Å². The van der Waals surface area contributed by atoms with Crippen LogP contribution in [0.3, 0.4) is 0 Å². The van der Waals surface area contributed by atoms with Crippen molar-refractivity contribution in [3.05, 3.63) is 60.2 Å². The maximum absolute atomic E-state index is 13.0. The van der Waals surface area contributed by atoms with Gasteiger partial charge >= 0.3 is 0 Å². The maximum Gasteiger partial charge on any atom is 0.274 e. The molecule has 8 nitrogen and oxygen atoms in total. The number of aromatic nitrogens is 2. The normalized spacial score (nSPS) is 17.6. The van der Waals surface area contributed by atoms with Crippen molar-refractivity contribution in [2.45, 2.75) is 31.5 Å². The summed E-state index contributed by atoms with van der Waals surface area (Å²) in [5.41, 5.74) is 1.43. The van der Waals surface area contributed by atoms with Gasteiger partial charge in [0.2, 0.25) is 5.91 Å². The number of hydrogen-bond acceptors (Lipinski definition) is 6. The molecule has 2 aromatic rings. The fourth-order valence-electron chi connectivity index (χ4n) is 4.07. The van der Waals surface area contributed by atoms with Crippen LogP contribution in [0.15, 0.2) is 48.9 Å². The zero-order chi connectivity index (χ0) is 21.5. The highest BCUT2D eigenvalue weighted by atomic mass is 16.7. The molecule has 0 bridgehead atoms. The number of ether oxygens (including phenoxy) is 2. The van der Waals surface area contributed by atoms with Crippen LogP contribution in [0.5, 0.6) is 0 Å². The SMILES string of the molecule is O=C(CCN(CCc1ccccc1)C(=O)c1cnccn1)N1CCC2(CC1)OCCO2. The average Bonchev–Trinajstić information content (AvgIpc) is 3.28. The van der Waals surface area contributed by atoms with E-state index in [-0.39, 0.29) is 18.2 Å². The van der Waals surface area contributed by atoms with Gasteiger partial charge in [0.05, 0.1) is 19.4 Å². The van der Waals surface area contributed by atoms with Crippen LogP contribution in [0.2, 0.25) is 0 Å². The lowest BCUT2D eigenvalue weighted by molar-refractivity contribution is -0.187. The molecule has 1 aromatic carbocycles. The first kappa shape index (κ1) is 21.4. The molecule has 1 aromatic heterocycles. The van der Waals surface area contributed by atoms with Gasteiger partial charge in [0.15, 0.2) is 5.79 Å². The van der Waals surface area contributed by atoms with Crippen molar-refractivity contribution in [3.8, 4) is 0 Å². The summed E-state index contributed by atoms with van der Waals surface area (Å²) in [6.07, 6.45) is 6.87. The Morgan fingerprint density at radius 3 is 2.45 bits per heavy atom. The van der Waals surface area contributed by atoms with Crippen LogP contribution >= 0.6 is 0 Å². The third-order valence-electron chi connectivity index (χ3n) is 5.87. The lowest BCUT2D eigenvalue weighted by Gasteiger charge is -2.37. The van der Waals surface area contributed by atoms with Crippen LogP contribution in [0.1, 0.15) is 35.3 Å². The highest BCUT2D eigenvalue weighted by Crippen LogP contribution is 2.31. The van der Waals surface area contributed by atoms with E-state index in [9.17, 15) is 9.59 Å². The summed E-state index contributed by atoms with van der Waals surface area (Å²) in [4.78, 5) is 37.5. The summed E-state index contributed by atoms with van der Waals surface area (Å²) in [7, 11) is 0. The first-order valence-electron chi connectivity index (χ1n) is 10.8. The molecule has 2 fully saturated rings. The minimum atomic E-state index is -0.500. The van der Waals surface area contributed by atoms with Gasteiger partial charge in [-0.15, -0.1) is 0 Å². The first-order valence-corrected chi connectivity index (χ1v) is 10.8. The Morgan fingerprint density at radius 1 is 1.03 bits per heavy atom. The topological polar surface area (TPSA) is 84.9 Å². The van der Waals surface area contributed by atoms with Gasteiger partial charge in [-0.3, -0.25) is 14.6 Å². The van der Waals surface area contributed by atoms with Gasteiger partial charge in [0.1, 0.15) is 5.69 Å². The zero-order valence-corrected chi connectivity index (χ0v) is 17.6. The fraction of sp³-hybridized carbons (Fsp3) is 0.478. The van der Waals surface area contributed by atoms with E-state index in [0.29, 0.717) is 64.3 Å². The van der Waals surface area contributed by atoms with Crippen LogP contribution in [0.25, 0.3) is 0 Å². The first-order chi connectivity index (χ1) is 15.2.